The molecule has 3 amide bonds. The number of hydrogen-bond acceptors (Lipinski definition) is 8. The van der Waals surface area contributed by atoms with Crippen molar-refractivity contribution in [3.63, 3.8) is 0 Å². The molecule has 0 aliphatic heterocycles. The Bertz CT molecular complexity index is 1790. The second kappa shape index (κ2) is 14.6. The fraction of sp³-hybridized carbons (Fsp3) is 0.0909. The van der Waals surface area contributed by atoms with Crippen molar-refractivity contribution in [3.8, 4) is 17.0 Å². The Balaban J connectivity index is 1.22. The molecule has 0 bridgehead atoms. The molecule has 1 unspecified atom stereocenters. The highest BCUT2D eigenvalue weighted by Gasteiger charge is 2.18. The molecule has 0 fully saturated rings. The number of rotatable bonds is 11. The van der Waals surface area contributed by atoms with Crippen molar-refractivity contribution >= 4 is 69.1 Å². The highest BCUT2D eigenvalue weighted by molar-refractivity contribution is 8.00. The lowest BCUT2D eigenvalue weighted by Crippen LogP contribution is -2.30. The van der Waals surface area contributed by atoms with Crippen molar-refractivity contribution in [2.75, 3.05) is 17.7 Å². The first-order valence-corrected chi connectivity index (χ1v) is 16.1. The maximum absolute atomic E-state index is 13.3. The fourth-order valence-corrected chi connectivity index (χ4v) is 6.32. The van der Waals surface area contributed by atoms with E-state index in [1.165, 1.54) is 34.4 Å². The van der Waals surface area contributed by atoms with Crippen LogP contribution in [-0.4, -0.2) is 35.1 Å². The summed E-state index contributed by atoms with van der Waals surface area (Å²) in [6.07, 6.45) is 1.64. The van der Waals surface area contributed by atoms with Crippen LogP contribution in [-0.2, 0) is 9.59 Å². The van der Waals surface area contributed by atoms with Gasteiger partial charge < -0.3 is 20.7 Å². The molecule has 0 saturated carbocycles. The van der Waals surface area contributed by atoms with Crippen LogP contribution in [0.1, 0.15) is 22.2 Å². The van der Waals surface area contributed by atoms with E-state index < -0.39 is 11.2 Å². The lowest BCUT2D eigenvalue weighted by atomic mass is 10.2. The van der Waals surface area contributed by atoms with Crippen molar-refractivity contribution in [1.29, 1.82) is 0 Å². The van der Waals surface area contributed by atoms with Gasteiger partial charge >= 0.3 is 0 Å². The van der Waals surface area contributed by atoms with Gasteiger partial charge in [-0.05, 0) is 66.9 Å². The summed E-state index contributed by atoms with van der Waals surface area (Å²) in [5, 5.41) is 12.4. The maximum atomic E-state index is 13.3. The molecule has 0 saturated heterocycles. The molecule has 222 valence electrons. The molecule has 3 N–H and O–H groups in total. The average Bonchev–Trinajstić information content (AvgIpc) is 3.74. The standard InChI is InChI=1S/C33H28N4O4S3/c1-21(30(38)37-33-36-29(20-43-33)23-11-6-13-25(17-23)41-2)44-27-14-7-12-24(18-27)34-32(40)28(19-26-15-8-16-42-26)35-31(39)22-9-4-3-5-10-22/h3-21H,1-2H3,(H,34,40)(H,35,39)(H,36,37,38)/b28-19-. The predicted octanol–water partition coefficient (Wildman–Crippen LogP) is 7.41. The third-order valence-corrected chi connectivity index (χ3v) is 8.90. The van der Waals surface area contributed by atoms with E-state index in [0.29, 0.717) is 16.4 Å². The first kappa shape index (κ1) is 30.7. The number of nitrogens with zero attached hydrogens (tertiary/aromatic N) is 1. The Morgan fingerprint density at radius 3 is 2.50 bits per heavy atom. The number of amides is 3. The third-order valence-electron chi connectivity index (χ3n) is 6.23. The smallest absolute Gasteiger partial charge is 0.272 e. The van der Waals surface area contributed by atoms with Gasteiger partial charge in [0.25, 0.3) is 11.8 Å². The van der Waals surface area contributed by atoms with Crippen LogP contribution in [0.15, 0.2) is 112 Å². The molecular formula is C33H28N4O4S3. The van der Waals surface area contributed by atoms with E-state index in [9.17, 15) is 14.4 Å². The molecule has 0 spiro atoms. The largest absolute Gasteiger partial charge is 0.497 e. The normalized spacial score (nSPS) is 11.8. The lowest BCUT2D eigenvalue weighted by molar-refractivity contribution is -0.115. The van der Waals surface area contributed by atoms with E-state index in [1.807, 2.05) is 66.2 Å². The summed E-state index contributed by atoms with van der Waals surface area (Å²) >= 11 is 4.16. The lowest BCUT2D eigenvalue weighted by Gasteiger charge is -2.13. The Morgan fingerprint density at radius 1 is 0.909 bits per heavy atom. The zero-order chi connectivity index (χ0) is 30.9. The topological polar surface area (TPSA) is 109 Å². The van der Waals surface area contributed by atoms with Gasteiger partial charge in [-0.15, -0.1) is 34.4 Å². The van der Waals surface area contributed by atoms with Crippen molar-refractivity contribution in [2.45, 2.75) is 17.1 Å². The van der Waals surface area contributed by atoms with E-state index in [2.05, 4.69) is 20.9 Å². The molecule has 5 aromatic rings. The minimum absolute atomic E-state index is 0.115. The summed E-state index contributed by atoms with van der Waals surface area (Å²) in [5.74, 6) is -0.313. The molecule has 3 aromatic carbocycles. The summed E-state index contributed by atoms with van der Waals surface area (Å²) in [7, 11) is 1.61. The number of carbonyl (C=O) groups is 3. The number of thiophene rings is 1. The number of anilines is 2. The molecule has 11 heteroatoms. The van der Waals surface area contributed by atoms with Crippen LogP contribution in [0.4, 0.5) is 10.8 Å². The summed E-state index contributed by atoms with van der Waals surface area (Å²) in [5.41, 5.74) is 2.73. The van der Waals surface area contributed by atoms with Crippen molar-refractivity contribution in [1.82, 2.24) is 10.3 Å². The first-order chi connectivity index (χ1) is 21.4. The third kappa shape index (κ3) is 8.22. The van der Waals surface area contributed by atoms with Gasteiger partial charge in [-0.1, -0.05) is 42.5 Å². The van der Waals surface area contributed by atoms with Crippen LogP contribution < -0.4 is 20.7 Å². The van der Waals surface area contributed by atoms with Gasteiger partial charge in [0.15, 0.2) is 5.13 Å². The summed E-state index contributed by atoms with van der Waals surface area (Å²) in [6, 6.07) is 27.2. The van der Waals surface area contributed by atoms with Crippen LogP contribution >= 0.6 is 34.4 Å². The van der Waals surface area contributed by atoms with Crippen LogP contribution in [0.5, 0.6) is 5.75 Å². The van der Waals surface area contributed by atoms with Crippen molar-refractivity contribution in [2.24, 2.45) is 0 Å². The van der Waals surface area contributed by atoms with E-state index in [-0.39, 0.29) is 17.5 Å². The fourth-order valence-electron chi connectivity index (χ4n) is 4.01. The summed E-state index contributed by atoms with van der Waals surface area (Å²) in [4.78, 5) is 45.3. The monoisotopic (exact) mass is 640 g/mol. The second-order valence-corrected chi connectivity index (χ2v) is 12.6. The van der Waals surface area contributed by atoms with Crippen LogP contribution in [0.3, 0.4) is 0 Å². The predicted molar refractivity (Wildman–Crippen MR) is 179 cm³/mol. The molecule has 0 aliphatic carbocycles. The molecule has 2 aromatic heterocycles. The van der Waals surface area contributed by atoms with Gasteiger partial charge in [0.1, 0.15) is 11.4 Å². The number of thiazole rings is 1. The molecule has 1 atom stereocenters. The van der Waals surface area contributed by atoms with Gasteiger partial charge in [-0.2, -0.15) is 0 Å². The van der Waals surface area contributed by atoms with Crippen LogP contribution in [0, 0.1) is 0 Å². The SMILES string of the molecule is COc1cccc(-c2csc(NC(=O)C(C)Sc3cccc(NC(=O)/C(=C/c4cccs4)NC(=O)c4ccccc4)c3)n2)c1. The average molecular weight is 641 g/mol. The van der Waals surface area contributed by atoms with Gasteiger partial charge in [0, 0.05) is 32.0 Å². The molecule has 8 nitrogen and oxygen atoms in total. The number of carbonyl (C=O) groups excluding carboxylic acids is 3. The molecular weight excluding hydrogens is 613 g/mol. The molecule has 5 rings (SSSR count). The molecule has 2 heterocycles. The number of nitrogens with one attached hydrogen (secondary N) is 3. The Labute approximate surface area is 267 Å². The van der Waals surface area contributed by atoms with Gasteiger partial charge in [0.05, 0.1) is 18.1 Å². The Morgan fingerprint density at radius 2 is 1.73 bits per heavy atom. The van der Waals surface area contributed by atoms with Gasteiger partial charge in [-0.25, -0.2) is 4.98 Å². The number of hydrogen-bond donors (Lipinski definition) is 3. The Kier molecular flexibility index (Phi) is 10.2. The van der Waals surface area contributed by atoms with Crippen LogP contribution in [0.2, 0.25) is 0 Å². The minimum Gasteiger partial charge on any atom is -0.497 e. The number of aromatic nitrogens is 1. The summed E-state index contributed by atoms with van der Waals surface area (Å²) < 4.78 is 5.29. The van der Waals surface area contributed by atoms with Crippen molar-refractivity contribution in [3.05, 3.63) is 118 Å². The quantitative estimate of drug-likeness (QED) is 0.103. The molecule has 44 heavy (non-hydrogen) atoms. The Hall–Kier alpha value is -4.71. The first-order valence-electron chi connectivity index (χ1n) is 13.5. The van der Waals surface area contributed by atoms with E-state index in [1.54, 1.807) is 55.7 Å². The van der Waals surface area contributed by atoms with Gasteiger partial charge in [0.2, 0.25) is 5.91 Å². The van der Waals surface area contributed by atoms with E-state index in [4.69, 9.17) is 4.74 Å². The zero-order valence-electron chi connectivity index (χ0n) is 23.8. The van der Waals surface area contributed by atoms with Crippen LogP contribution in [0.25, 0.3) is 17.3 Å². The minimum atomic E-state index is -0.466. The molecule has 0 aliphatic rings. The van der Waals surface area contributed by atoms with E-state index >= 15 is 0 Å². The van der Waals surface area contributed by atoms with Crippen molar-refractivity contribution < 1.29 is 19.1 Å². The summed E-state index contributed by atoms with van der Waals surface area (Å²) in [6.45, 7) is 1.81. The number of thioether (sulfide) groups is 1. The number of methoxy groups -OCH3 is 1. The number of ether oxygens (including phenoxy) is 1. The maximum Gasteiger partial charge on any atom is 0.272 e. The highest BCUT2D eigenvalue weighted by Crippen LogP contribution is 2.30. The number of benzene rings is 3. The van der Waals surface area contributed by atoms with E-state index in [0.717, 1.165) is 26.8 Å². The van der Waals surface area contributed by atoms with Gasteiger partial charge in [-0.3, -0.25) is 14.4 Å². The molecule has 0 radical (unpaired) electrons. The second-order valence-electron chi connectivity index (χ2n) is 9.39. The highest BCUT2D eigenvalue weighted by atomic mass is 32.2. The zero-order valence-corrected chi connectivity index (χ0v) is 26.2.